The number of hydrogen-bond donors (Lipinski definition) is 2. The van der Waals surface area contributed by atoms with Crippen LogP contribution in [0.2, 0.25) is 0 Å². The highest BCUT2D eigenvalue weighted by Crippen LogP contribution is 2.14. The Morgan fingerprint density at radius 1 is 1.35 bits per heavy atom. The van der Waals surface area contributed by atoms with Crippen molar-refractivity contribution in [2.75, 3.05) is 0 Å². The molecule has 0 saturated heterocycles. The van der Waals surface area contributed by atoms with E-state index in [0.29, 0.717) is 5.56 Å². The van der Waals surface area contributed by atoms with E-state index in [2.05, 4.69) is 11.9 Å². The minimum absolute atomic E-state index is 0.0585. The van der Waals surface area contributed by atoms with E-state index in [4.69, 9.17) is 4.74 Å². The summed E-state index contributed by atoms with van der Waals surface area (Å²) in [4.78, 5) is 11.9. The standard InChI is InChI=1S/C17H23F2NO3/c1-5-6-15(21)14(20-16(22)23-17(2,3)4)9-11-7-12(18)10-13(19)8-11/h5,7-8,10,14-15,21H,1,6,9H2,2-4H3,(H,20,22)/t14-,15+/m0/s1. The Balaban J connectivity index is 2.87. The molecule has 0 bridgehead atoms. The van der Waals surface area contributed by atoms with E-state index < -0.39 is 35.5 Å². The van der Waals surface area contributed by atoms with Gasteiger partial charge in [0.25, 0.3) is 0 Å². The van der Waals surface area contributed by atoms with Gasteiger partial charge < -0.3 is 15.2 Å². The van der Waals surface area contributed by atoms with Crippen LogP contribution in [-0.2, 0) is 11.2 Å². The summed E-state index contributed by atoms with van der Waals surface area (Å²) in [6, 6.07) is 2.32. The summed E-state index contributed by atoms with van der Waals surface area (Å²) in [6.45, 7) is 8.67. The smallest absolute Gasteiger partial charge is 0.407 e. The minimum Gasteiger partial charge on any atom is -0.444 e. The van der Waals surface area contributed by atoms with Gasteiger partial charge in [0.1, 0.15) is 17.2 Å². The summed E-state index contributed by atoms with van der Waals surface area (Å²) in [5.41, 5.74) is -0.366. The fourth-order valence-electron chi connectivity index (χ4n) is 2.06. The van der Waals surface area contributed by atoms with Crippen LogP contribution in [0.4, 0.5) is 13.6 Å². The van der Waals surface area contributed by atoms with Crippen LogP contribution in [0.1, 0.15) is 32.8 Å². The number of alkyl carbamates (subject to hydrolysis) is 1. The first kappa shape index (κ1) is 19.1. The van der Waals surface area contributed by atoms with Crippen LogP contribution in [0.25, 0.3) is 0 Å². The summed E-state index contributed by atoms with van der Waals surface area (Å²) in [5, 5.41) is 12.7. The van der Waals surface area contributed by atoms with Gasteiger partial charge in [0.05, 0.1) is 12.1 Å². The largest absolute Gasteiger partial charge is 0.444 e. The van der Waals surface area contributed by atoms with Crippen molar-refractivity contribution >= 4 is 6.09 Å². The molecule has 0 radical (unpaired) electrons. The maximum Gasteiger partial charge on any atom is 0.407 e. The number of carbonyl (C=O) groups excluding carboxylic acids is 1. The lowest BCUT2D eigenvalue weighted by atomic mass is 9.99. The van der Waals surface area contributed by atoms with Crippen molar-refractivity contribution in [1.29, 1.82) is 0 Å². The molecule has 0 heterocycles. The van der Waals surface area contributed by atoms with Crippen molar-refractivity contribution in [1.82, 2.24) is 5.32 Å². The van der Waals surface area contributed by atoms with Crippen LogP contribution >= 0.6 is 0 Å². The average Bonchev–Trinajstić information content (AvgIpc) is 2.34. The number of rotatable bonds is 6. The molecule has 1 amide bonds. The molecule has 23 heavy (non-hydrogen) atoms. The number of nitrogens with one attached hydrogen (secondary N) is 1. The van der Waals surface area contributed by atoms with Crippen LogP contribution in [-0.4, -0.2) is 28.9 Å². The van der Waals surface area contributed by atoms with E-state index in [-0.39, 0.29) is 12.8 Å². The highest BCUT2D eigenvalue weighted by Gasteiger charge is 2.24. The number of benzene rings is 1. The molecule has 2 atom stereocenters. The minimum atomic E-state index is -0.952. The van der Waals surface area contributed by atoms with Crippen molar-refractivity contribution < 1.29 is 23.4 Å². The zero-order valence-corrected chi connectivity index (χ0v) is 13.6. The Labute approximate surface area is 135 Å². The molecule has 0 aliphatic heterocycles. The molecule has 1 aromatic carbocycles. The number of carbonyl (C=O) groups is 1. The Kier molecular flexibility index (Phi) is 6.69. The Hall–Kier alpha value is -1.95. The zero-order chi connectivity index (χ0) is 17.6. The Morgan fingerprint density at radius 2 is 1.91 bits per heavy atom. The quantitative estimate of drug-likeness (QED) is 0.788. The molecule has 0 fully saturated rings. The molecular weight excluding hydrogens is 304 g/mol. The van der Waals surface area contributed by atoms with Gasteiger partial charge in [-0.05, 0) is 51.3 Å². The van der Waals surface area contributed by atoms with Crippen LogP contribution in [0.5, 0.6) is 0 Å². The lowest BCUT2D eigenvalue weighted by Gasteiger charge is -2.26. The van der Waals surface area contributed by atoms with E-state index in [1.807, 2.05) is 0 Å². The molecule has 0 aromatic heterocycles. The van der Waals surface area contributed by atoms with Crippen molar-refractivity contribution in [3.8, 4) is 0 Å². The zero-order valence-electron chi connectivity index (χ0n) is 13.6. The molecule has 0 spiro atoms. The summed E-state index contributed by atoms with van der Waals surface area (Å²) in [5.74, 6) is -1.43. The van der Waals surface area contributed by atoms with Gasteiger partial charge in [-0.15, -0.1) is 6.58 Å². The van der Waals surface area contributed by atoms with Gasteiger partial charge >= 0.3 is 6.09 Å². The molecule has 0 unspecified atom stereocenters. The molecule has 0 saturated carbocycles. The molecule has 1 aromatic rings. The van der Waals surface area contributed by atoms with E-state index in [1.165, 1.54) is 6.08 Å². The number of hydrogen-bond acceptors (Lipinski definition) is 3. The first-order valence-corrected chi connectivity index (χ1v) is 7.34. The first-order valence-electron chi connectivity index (χ1n) is 7.34. The second-order valence-corrected chi connectivity index (χ2v) is 6.33. The summed E-state index contributed by atoms with van der Waals surface area (Å²) >= 11 is 0. The van der Waals surface area contributed by atoms with E-state index in [9.17, 15) is 18.7 Å². The maximum atomic E-state index is 13.3. The number of halogens is 2. The van der Waals surface area contributed by atoms with Gasteiger partial charge in [-0.2, -0.15) is 0 Å². The number of aliphatic hydroxyl groups is 1. The fourth-order valence-corrected chi connectivity index (χ4v) is 2.06. The number of aliphatic hydroxyl groups excluding tert-OH is 1. The van der Waals surface area contributed by atoms with Gasteiger partial charge in [-0.3, -0.25) is 0 Å². The van der Waals surface area contributed by atoms with Crippen LogP contribution in [0, 0.1) is 11.6 Å². The Bertz CT molecular complexity index is 535. The van der Waals surface area contributed by atoms with Crippen molar-refractivity contribution in [2.24, 2.45) is 0 Å². The van der Waals surface area contributed by atoms with E-state index in [0.717, 1.165) is 18.2 Å². The number of amides is 1. The van der Waals surface area contributed by atoms with Crippen LogP contribution in [0.3, 0.4) is 0 Å². The summed E-state index contributed by atoms with van der Waals surface area (Å²) in [6.07, 6.45) is 0.121. The lowest BCUT2D eigenvalue weighted by molar-refractivity contribution is 0.0425. The highest BCUT2D eigenvalue weighted by atomic mass is 19.1. The van der Waals surface area contributed by atoms with Crippen molar-refractivity contribution in [3.05, 3.63) is 48.1 Å². The summed E-state index contributed by atoms with van der Waals surface area (Å²) < 4.78 is 31.7. The van der Waals surface area contributed by atoms with Crippen molar-refractivity contribution in [2.45, 2.75) is 51.4 Å². The first-order chi connectivity index (χ1) is 10.6. The van der Waals surface area contributed by atoms with Gasteiger partial charge in [-0.25, -0.2) is 13.6 Å². The molecule has 128 valence electrons. The van der Waals surface area contributed by atoms with Crippen LogP contribution in [0.15, 0.2) is 30.9 Å². The van der Waals surface area contributed by atoms with E-state index >= 15 is 0 Å². The summed E-state index contributed by atoms with van der Waals surface area (Å²) in [7, 11) is 0. The second kappa shape index (κ2) is 8.06. The SMILES string of the molecule is C=CC[C@@H](O)[C@H](Cc1cc(F)cc(F)c1)NC(=O)OC(C)(C)C. The fraction of sp³-hybridized carbons (Fsp3) is 0.471. The molecule has 4 nitrogen and oxygen atoms in total. The molecule has 0 aliphatic carbocycles. The van der Waals surface area contributed by atoms with Gasteiger partial charge in [0.2, 0.25) is 0 Å². The van der Waals surface area contributed by atoms with Crippen molar-refractivity contribution in [3.63, 3.8) is 0 Å². The van der Waals surface area contributed by atoms with E-state index in [1.54, 1.807) is 20.8 Å². The monoisotopic (exact) mass is 327 g/mol. The van der Waals surface area contributed by atoms with Gasteiger partial charge in [0, 0.05) is 6.07 Å². The highest BCUT2D eigenvalue weighted by molar-refractivity contribution is 5.68. The molecule has 6 heteroatoms. The number of ether oxygens (including phenoxy) is 1. The predicted octanol–water partition coefficient (Wildman–Crippen LogP) is 3.34. The molecule has 1 rings (SSSR count). The third-order valence-electron chi connectivity index (χ3n) is 2.95. The molecule has 2 N–H and O–H groups in total. The normalized spacial score (nSPS) is 14.0. The maximum absolute atomic E-state index is 13.3. The van der Waals surface area contributed by atoms with Crippen LogP contribution < -0.4 is 5.32 Å². The van der Waals surface area contributed by atoms with Gasteiger partial charge in [-0.1, -0.05) is 6.08 Å². The second-order valence-electron chi connectivity index (χ2n) is 6.33. The molecule has 0 aliphatic rings. The predicted molar refractivity (Wildman–Crippen MR) is 84.0 cm³/mol. The lowest BCUT2D eigenvalue weighted by Crippen LogP contribution is -2.46. The topological polar surface area (TPSA) is 58.6 Å². The third kappa shape index (κ3) is 7.23. The Morgan fingerprint density at radius 3 is 2.39 bits per heavy atom. The third-order valence-corrected chi connectivity index (χ3v) is 2.95. The average molecular weight is 327 g/mol. The van der Waals surface area contributed by atoms with Gasteiger partial charge in [0.15, 0.2) is 0 Å². The molecular formula is C17H23F2NO3.